The van der Waals surface area contributed by atoms with Gasteiger partial charge in [0.05, 0.1) is 30.8 Å². The summed E-state index contributed by atoms with van der Waals surface area (Å²) in [5, 5.41) is 9.81. The van der Waals surface area contributed by atoms with Gasteiger partial charge in [-0.05, 0) is 24.3 Å². The number of carbonyl (C=O) groups is 2. The topological polar surface area (TPSA) is 92.5 Å². The van der Waals surface area contributed by atoms with Crippen LogP contribution in [0.15, 0.2) is 60.7 Å². The molecule has 1 aromatic heterocycles. The number of rotatable bonds is 7. The number of fused-ring (bicyclic) bond motifs is 1. The number of aromatic nitrogens is 1. The van der Waals surface area contributed by atoms with Gasteiger partial charge in [0.2, 0.25) is 0 Å². The van der Waals surface area contributed by atoms with Crippen LogP contribution in [0.2, 0.25) is 0 Å². The largest absolute Gasteiger partial charge is 0.495 e. The third-order valence-corrected chi connectivity index (χ3v) is 4.26. The van der Waals surface area contributed by atoms with Crippen molar-refractivity contribution in [2.75, 3.05) is 25.2 Å². The van der Waals surface area contributed by atoms with Crippen molar-refractivity contribution in [1.82, 2.24) is 4.98 Å². The summed E-state index contributed by atoms with van der Waals surface area (Å²) < 4.78 is 10.5. The molecule has 7 nitrogen and oxygen atoms in total. The molecular weight excluding hydrogens is 370 g/mol. The van der Waals surface area contributed by atoms with Crippen LogP contribution >= 0.6 is 0 Å². The Morgan fingerprint density at radius 1 is 1.07 bits per heavy atom. The lowest BCUT2D eigenvalue weighted by Crippen LogP contribution is -2.35. The number of carbonyl (C=O) groups excluding carboxylic acids is 2. The molecule has 146 valence electrons. The summed E-state index contributed by atoms with van der Waals surface area (Å²) in [5.74, 6) is -0.662. The maximum atomic E-state index is 12.7. The molecule has 1 amide bonds. The van der Waals surface area contributed by atoms with Gasteiger partial charge in [0.15, 0.2) is 6.61 Å². The minimum absolute atomic E-state index is 0.123. The molecule has 7 heteroatoms. The first-order valence-corrected chi connectivity index (χ1v) is 8.97. The first-order chi connectivity index (χ1) is 14.1. The van der Waals surface area contributed by atoms with Gasteiger partial charge in [-0.2, -0.15) is 5.26 Å². The lowest BCUT2D eigenvalue weighted by molar-refractivity contribution is -0.121. The SMILES string of the molecule is COc1ccccc1N(CCC#N)C(=O)COC(=O)c1ccc2ccccc2n1. The minimum atomic E-state index is -0.690. The van der Waals surface area contributed by atoms with E-state index in [1.54, 1.807) is 42.5 Å². The minimum Gasteiger partial charge on any atom is -0.495 e. The summed E-state index contributed by atoms with van der Waals surface area (Å²) in [6.07, 6.45) is 0.129. The molecule has 2 aromatic carbocycles. The van der Waals surface area contributed by atoms with Gasteiger partial charge < -0.3 is 14.4 Å². The van der Waals surface area contributed by atoms with Crippen LogP contribution in [0, 0.1) is 11.3 Å². The number of nitriles is 1. The van der Waals surface area contributed by atoms with E-state index in [0.717, 1.165) is 5.39 Å². The maximum Gasteiger partial charge on any atom is 0.357 e. The molecular formula is C22H19N3O4. The Labute approximate surface area is 168 Å². The first kappa shape index (κ1) is 19.8. The van der Waals surface area contributed by atoms with E-state index in [0.29, 0.717) is 17.0 Å². The standard InChI is InChI=1S/C22H19N3O4/c1-28-20-10-5-4-9-19(20)25(14-6-13-23)21(26)15-29-22(27)18-12-11-16-7-2-3-8-17(16)24-18/h2-5,7-12H,6,14-15H2,1H3. The number of benzene rings is 2. The number of pyridine rings is 1. The van der Waals surface area contributed by atoms with Gasteiger partial charge in [-0.1, -0.05) is 36.4 Å². The van der Waals surface area contributed by atoms with Crippen LogP contribution in [-0.2, 0) is 9.53 Å². The van der Waals surface area contributed by atoms with E-state index in [-0.39, 0.29) is 18.7 Å². The number of nitrogens with zero attached hydrogens (tertiary/aromatic N) is 3. The van der Waals surface area contributed by atoms with Gasteiger partial charge in [0.1, 0.15) is 11.4 Å². The molecule has 0 unspecified atom stereocenters. The molecule has 1 heterocycles. The predicted molar refractivity (Wildman–Crippen MR) is 108 cm³/mol. The third-order valence-electron chi connectivity index (χ3n) is 4.26. The zero-order chi connectivity index (χ0) is 20.6. The summed E-state index contributed by atoms with van der Waals surface area (Å²) in [6, 6.07) is 19.7. The highest BCUT2D eigenvalue weighted by Gasteiger charge is 2.21. The second-order valence-corrected chi connectivity index (χ2v) is 6.09. The zero-order valence-corrected chi connectivity index (χ0v) is 15.9. The lowest BCUT2D eigenvalue weighted by Gasteiger charge is -2.23. The smallest absolute Gasteiger partial charge is 0.357 e. The number of hydrogen-bond donors (Lipinski definition) is 0. The van der Waals surface area contributed by atoms with Gasteiger partial charge in [-0.15, -0.1) is 0 Å². The fraction of sp³-hybridized carbons (Fsp3) is 0.182. The van der Waals surface area contributed by atoms with E-state index in [1.807, 2.05) is 24.3 Å². The Balaban J connectivity index is 1.73. The molecule has 0 bridgehead atoms. The second-order valence-electron chi connectivity index (χ2n) is 6.09. The number of methoxy groups -OCH3 is 1. The monoisotopic (exact) mass is 389 g/mol. The van der Waals surface area contributed by atoms with Gasteiger partial charge >= 0.3 is 5.97 Å². The average molecular weight is 389 g/mol. The van der Waals surface area contributed by atoms with E-state index >= 15 is 0 Å². The van der Waals surface area contributed by atoms with Gasteiger partial charge in [-0.25, -0.2) is 9.78 Å². The van der Waals surface area contributed by atoms with E-state index in [9.17, 15) is 9.59 Å². The number of para-hydroxylation sites is 3. The number of ether oxygens (including phenoxy) is 2. The van der Waals surface area contributed by atoms with Crippen LogP contribution in [0.5, 0.6) is 5.75 Å². The van der Waals surface area contributed by atoms with Crippen molar-refractivity contribution in [3.8, 4) is 11.8 Å². The second kappa shape index (κ2) is 9.33. The summed E-state index contributed by atoms with van der Waals surface area (Å²) in [5.41, 5.74) is 1.30. The van der Waals surface area contributed by atoms with E-state index in [2.05, 4.69) is 4.98 Å². The average Bonchev–Trinajstić information content (AvgIpc) is 2.77. The summed E-state index contributed by atoms with van der Waals surface area (Å²) in [6.45, 7) is -0.321. The molecule has 0 atom stereocenters. The Kier molecular flexibility index (Phi) is 6.38. The van der Waals surface area contributed by atoms with E-state index in [1.165, 1.54) is 12.0 Å². The van der Waals surface area contributed by atoms with Crippen LogP contribution < -0.4 is 9.64 Å². The van der Waals surface area contributed by atoms with Crippen molar-refractivity contribution >= 4 is 28.5 Å². The molecule has 3 aromatic rings. The molecule has 0 aliphatic heterocycles. The highest BCUT2D eigenvalue weighted by molar-refractivity contribution is 5.98. The molecule has 0 aliphatic rings. The molecule has 0 spiro atoms. The summed E-state index contributed by atoms with van der Waals surface area (Å²) in [7, 11) is 1.50. The Morgan fingerprint density at radius 3 is 2.62 bits per heavy atom. The molecule has 0 radical (unpaired) electrons. The van der Waals surface area contributed by atoms with Crippen LogP contribution in [0.1, 0.15) is 16.9 Å². The third kappa shape index (κ3) is 4.68. The normalized spacial score (nSPS) is 10.2. The molecule has 0 saturated carbocycles. The fourth-order valence-corrected chi connectivity index (χ4v) is 2.85. The number of esters is 1. The number of amides is 1. The highest BCUT2D eigenvalue weighted by Crippen LogP contribution is 2.28. The first-order valence-electron chi connectivity index (χ1n) is 8.97. The van der Waals surface area contributed by atoms with Gasteiger partial charge in [0, 0.05) is 11.9 Å². The molecule has 0 aliphatic carbocycles. The highest BCUT2D eigenvalue weighted by atomic mass is 16.5. The van der Waals surface area contributed by atoms with Crippen molar-refractivity contribution in [2.45, 2.75) is 6.42 Å². The van der Waals surface area contributed by atoms with Crippen molar-refractivity contribution < 1.29 is 19.1 Å². The Hall–Kier alpha value is -3.92. The van der Waals surface area contributed by atoms with Gasteiger partial charge in [0.25, 0.3) is 5.91 Å². The van der Waals surface area contributed by atoms with Crippen LogP contribution in [0.3, 0.4) is 0 Å². The van der Waals surface area contributed by atoms with Crippen molar-refractivity contribution in [2.24, 2.45) is 0 Å². The number of hydrogen-bond acceptors (Lipinski definition) is 6. The van der Waals surface area contributed by atoms with Crippen LogP contribution in [0.25, 0.3) is 10.9 Å². The summed E-state index contributed by atoms with van der Waals surface area (Å²) >= 11 is 0. The van der Waals surface area contributed by atoms with Crippen molar-refractivity contribution in [3.05, 3.63) is 66.4 Å². The quantitative estimate of drug-likeness (QED) is 0.576. The van der Waals surface area contributed by atoms with Crippen molar-refractivity contribution in [3.63, 3.8) is 0 Å². The van der Waals surface area contributed by atoms with Crippen LogP contribution in [0.4, 0.5) is 5.69 Å². The maximum absolute atomic E-state index is 12.7. The van der Waals surface area contributed by atoms with E-state index in [4.69, 9.17) is 14.7 Å². The zero-order valence-electron chi connectivity index (χ0n) is 15.9. The number of anilines is 1. The molecule has 0 fully saturated rings. The summed E-state index contributed by atoms with van der Waals surface area (Å²) in [4.78, 5) is 30.7. The van der Waals surface area contributed by atoms with Crippen LogP contribution in [-0.4, -0.2) is 37.1 Å². The molecule has 3 rings (SSSR count). The van der Waals surface area contributed by atoms with Crippen molar-refractivity contribution in [1.29, 1.82) is 5.26 Å². The van der Waals surface area contributed by atoms with Gasteiger partial charge in [-0.3, -0.25) is 4.79 Å². The Bertz CT molecular complexity index is 1070. The molecule has 0 saturated heterocycles. The molecule has 0 N–H and O–H groups in total. The Morgan fingerprint density at radius 2 is 1.83 bits per heavy atom. The predicted octanol–water partition coefficient (Wildman–Crippen LogP) is 3.35. The lowest BCUT2D eigenvalue weighted by atomic mass is 10.2. The fourth-order valence-electron chi connectivity index (χ4n) is 2.85. The molecule has 29 heavy (non-hydrogen) atoms. The van der Waals surface area contributed by atoms with E-state index < -0.39 is 18.5 Å².